The largest absolute Gasteiger partial charge is 0.506 e. The quantitative estimate of drug-likeness (QED) is 0.354. The third kappa shape index (κ3) is 3.80. The highest BCUT2D eigenvalue weighted by Gasteiger charge is 2.37. The van der Waals surface area contributed by atoms with E-state index in [0.717, 1.165) is 10.5 Å². The third-order valence-electron chi connectivity index (χ3n) is 3.87. The van der Waals surface area contributed by atoms with E-state index in [0.29, 0.717) is 13.6 Å². The molecule has 0 aromatic heterocycles. The van der Waals surface area contributed by atoms with Crippen molar-refractivity contribution in [2.45, 2.75) is 6.92 Å². The van der Waals surface area contributed by atoms with Crippen LogP contribution in [0.15, 0.2) is 35.9 Å². The number of phenolic OH excluding ortho intramolecular Hbond substituents is 1. The van der Waals surface area contributed by atoms with Gasteiger partial charge in [-0.05, 0) is 65.4 Å². The Morgan fingerprint density at radius 1 is 1.15 bits per heavy atom. The van der Waals surface area contributed by atoms with Gasteiger partial charge in [0.15, 0.2) is 0 Å². The van der Waals surface area contributed by atoms with E-state index in [9.17, 15) is 19.5 Å². The van der Waals surface area contributed by atoms with Crippen molar-refractivity contribution < 1.29 is 19.5 Å². The molecule has 0 spiro atoms. The van der Waals surface area contributed by atoms with Crippen molar-refractivity contribution in [2.75, 3.05) is 4.90 Å². The van der Waals surface area contributed by atoms with Crippen LogP contribution in [-0.2, 0) is 9.59 Å². The van der Waals surface area contributed by atoms with Gasteiger partial charge in [-0.2, -0.15) is 0 Å². The summed E-state index contributed by atoms with van der Waals surface area (Å²) in [5, 5.41) is 13.0. The lowest BCUT2D eigenvalue weighted by Crippen LogP contribution is -2.54. The number of carbonyl (C=O) groups excluding carboxylic acids is 3. The smallest absolute Gasteiger partial charge is 0.335 e. The zero-order valence-corrected chi connectivity index (χ0v) is 17.4. The summed E-state index contributed by atoms with van der Waals surface area (Å²) >= 11 is 13.9. The van der Waals surface area contributed by atoms with Crippen LogP contribution in [0.4, 0.5) is 10.5 Å². The van der Waals surface area contributed by atoms with Crippen molar-refractivity contribution in [3.8, 4) is 5.75 Å². The standard InChI is InChI=1S/C18H11Cl2IN2O4/c1-8-2-3-11(7-13(8)20)23-17(26)12(16(25)22-18(23)27)5-9-4-10(19)6-14(21)15(9)24/h2-7,24H,1H3,(H,22,25,27)/b12-5-. The fourth-order valence-electron chi connectivity index (χ4n) is 2.46. The first kappa shape index (κ1) is 19.7. The van der Waals surface area contributed by atoms with Gasteiger partial charge in [-0.1, -0.05) is 29.3 Å². The van der Waals surface area contributed by atoms with Crippen molar-refractivity contribution >= 4 is 75.4 Å². The van der Waals surface area contributed by atoms with E-state index in [1.807, 2.05) is 22.6 Å². The van der Waals surface area contributed by atoms with E-state index >= 15 is 0 Å². The lowest BCUT2D eigenvalue weighted by molar-refractivity contribution is -0.122. The molecule has 0 saturated carbocycles. The molecule has 9 heteroatoms. The average molecular weight is 517 g/mol. The van der Waals surface area contributed by atoms with Crippen LogP contribution < -0.4 is 10.2 Å². The maximum Gasteiger partial charge on any atom is 0.335 e. The molecule has 3 rings (SSSR count). The van der Waals surface area contributed by atoms with Crippen LogP contribution in [0.1, 0.15) is 11.1 Å². The van der Waals surface area contributed by atoms with Gasteiger partial charge < -0.3 is 5.11 Å². The van der Waals surface area contributed by atoms with Crippen molar-refractivity contribution in [2.24, 2.45) is 0 Å². The van der Waals surface area contributed by atoms with Gasteiger partial charge in [-0.15, -0.1) is 0 Å². The van der Waals surface area contributed by atoms with Crippen LogP contribution in [0.3, 0.4) is 0 Å². The minimum atomic E-state index is -0.882. The molecule has 1 fully saturated rings. The van der Waals surface area contributed by atoms with Gasteiger partial charge in [0.25, 0.3) is 11.8 Å². The summed E-state index contributed by atoms with van der Waals surface area (Å²) in [7, 11) is 0. The van der Waals surface area contributed by atoms with Crippen LogP contribution in [0.25, 0.3) is 6.08 Å². The molecule has 138 valence electrons. The second kappa shape index (κ2) is 7.49. The Kier molecular flexibility index (Phi) is 5.45. The average Bonchev–Trinajstić information content (AvgIpc) is 2.58. The van der Waals surface area contributed by atoms with Gasteiger partial charge in [0.2, 0.25) is 0 Å². The van der Waals surface area contributed by atoms with Crippen LogP contribution in [0, 0.1) is 10.5 Å². The number of halogens is 3. The second-order valence-electron chi connectivity index (χ2n) is 5.72. The summed E-state index contributed by atoms with van der Waals surface area (Å²) in [5.74, 6) is -1.83. The van der Waals surface area contributed by atoms with E-state index in [-0.39, 0.29) is 22.6 Å². The molecular formula is C18H11Cl2IN2O4. The van der Waals surface area contributed by atoms with Crippen LogP contribution in [0.5, 0.6) is 5.75 Å². The molecule has 0 bridgehead atoms. The number of imide groups is 2. The molecule has 2 aromatic rings. The molecule has 0 radical (unpaired) electrons. The molecule has 0 atom stereocenters. The van der Waals surface area contributed by atoms with Gasteiger partial charge >= 0.3 is 6.03 Å². The number of hydrogen-bond acceptors (Lipinski definition) is 4. The summed E-state index contributed by atoms with van der Waals surface area (Å²) in [4.78, 5) is 38.1. The first-order valence-electron chi connectivity index (χ1n) is 7.54. The van der Waals surface area contributed by atoms with Gasteiger partial charge in [0.05, 0.1) is 9.26 Å². The molecule has 0 aliphatic carbocycles. The van der Waals surface area contributed by atoms with Gasteiger partial charge in [-0.25, -0.2) is 9.69 Å². The number of benzene rings is 2. The van der Waals surface area contributed by atoms with Crippen LogP contribution >= 0.6 is 45.8 Å². The van der Waals surface area contributed by atoms with E-state index in [2.05, 4.69) is 5.32 Å². The molecule has 0 unspecified atom stereocenters. The maximum atomic E-state index is 12.8. The van der Waals surface area contributed by atoms with Crippen molar-refractivity contribution in [1.82, 2.24) is 5.32 Å². The van der Waals surface area contributed by atoms with Crippen molar-refractivity contribution in [1.29, 1.82) is 0 Å². The van der Waals surface area contributed by atoms with Gasteiger partial charge in [0.1, 0.15) is 11.3 Å². The number of anilines is 1. The molecule has 1 saturated heterocycles. The number of nitrogens with zero attached hydrogens (tertiary/aromatic N) is 1. The van der Waals surface area contributed by atoms with E-state index in [1.54, 1.807) is 19.1 Å². The highest BCUT2D eigenvalue weighted by molar-refractivity contribution is 14.1. The third-order valence-corrected chi connectivity index (χ3v) is 5.32. The molecule has 1 heterocycles. The second-order valence-corrected chi connectivity index (χ2v) is 7.72. The van der Waals surface area contributed by atoms with Crippen molar-refractivity contribution in [3.63, 3.8) is 0 Å². The number of carbonyl (C=O) groups is 3. The predicted molar refractivity (Wildman–Crippen MR) is 111 cm³/mol. The monoisotopic (exact) mass is 516 g/mol. The Balaban J connectivity index is 2.09. The Hall–Kier alpha value is -2.10. The van der Waals surface area contributed by atoms with Crippen LogP contribution in [0.2, 0.25) is 10.0 Å². The Labute approximate surface area is 177 Å². The molecule has 27 heavy (non-hydrogen) atoms. The number of urea groups is 1. The topological polar surface area (TPSA) is 86.7 Å². The molecule has 4 amide bonds. The van der Waals surface area contributed by atoms with Crippen LogP contribution in [-0.4, -0.2) is 23.0 Å². The van der Waals surface area contributed by atoms with E-state index < -0.39 is 17.8 Å². The lowest BCUT2D eigenvalue weighted by atomic mass is 10.1. The zero-order chi connectivity index (χ0) is 19.9. The number of aryl methyl sites for hydroxylation is 1. The minimum absolute atomic E-state index is 0.130. The number of amides is 4. The lowest BCUT2D eigenvalue weighted by Gasteiger charge is -2.26. The molecule has 2 aromatic carbocycles. The summed E-state index contributed by atoms with van der Waals surface area (Å²) in [6.45, 7) is 1.78. The fourth-order valence-corrected chi connectivity index (χ4v) is 3.70. The van der Waals surface area contributed by atoms with Gasteiger partial charge in [0, 0.05) is 15.6 Å². The Bertz CT molecular complexity index is 1040. The van der Waals surface area contributed by atoms with E-state index in [1.165, 1.54) is 24.3 Å². The molecule has 1 aliphatic rings. The predicted octanol–water partition coefficient (Wildman–Crippen LogP) is 4.28. The van der Waals surface area contributed by atoms with Gasteiger partial charge in [-0.3, -0.25) is 14.9 Å². The van der Waals surface area contributed by atoms with Crippen molar-refractivity contribution in [3.05, 3.63) is 60.6 Å². The molecule has 2 N–H and O–H groups in total. The number of nitrogens with one attached hydrogen (secondary N) is 1. The molecule has 1 aliphatic heterocycles. The minimum Gasteiger partial charge on any atom is -0.506 e. The zero-order valence-electron chi connectivity index (χ0n) is 13.7. The highest BCUT2D eigenvalue weighted by Crippen LogP contribution is 2.32. The molecular weight excluding hydrogens is 506 g/mol. The normalized spacial score (nSPS) is 16.1. The summed E-state index contributed by atoms with van der Waals surface area (Å²) in [6.07, 6.45) is 1.19. The number of rotatable bonds is 2. The number of barbiturate groups is 1. The summed E-state index contributed by atoms with van der Waals surface area (Å²) in [5.41, 5.74) is 0.855. The highest BCUT2D eigenvalue weighted by atomic mass is 127. The number of hydrogen-bond donors (Lipinski definition) is 2. The maximum absolute atomic E-state index is 12.8. The fraction of sp³-hybridized carbons (Fsp3) is 0.0556. The summed E-state index contributed by atoms with van der Waals surface area (Å²) in [6, 6.07) is 6.73. The first-order valence-corrected chi connectivity index (χ1v) is 9.38. The Morgan fingerprint density at radius 3 is 2.52 bits per heavy atom. The SMILES string of the molecule is Cc1ccc(N2C(=O)NC(=O)/C(=C/c3cc(Cl)cc(I)c3O)C2=O)cc1Cl. The number of phenols is 1. The molecule has 6 nitrogen and oxygen atoms in total. The Morgan fingerprint density at radius 2 is 1.85 bits per heavy atom. The first-order chi connectivity index (χ1) is 12.7. The number of aromatic hydroxyl groups is 1. The summed E-state index contributed by atoms with van der Waals surface area (Å²) < 4.78 is 0.453. The van der Waals surface area contributed by atoms with E-state index in [4.69, 9.17) is 23.2 Å².